The van der Waals surface area contributed by atoms with Crippen LogP contribution in [0.1, 0.15) is 10.4 Å². The van der Waals surface area contributed by atoms with E-state index in [2.05, 4.69) is 26.2 Å². The molecular weight excluding hydrogens is 316 g/mol. The molecule has 3 nitrogen and oxygen atoms in total. The number of halogens is 1. The summed E-state index contributed by atoms with van der Waals surface area (Å²) in [6, 6.07) is 16.8. The summed E-state index contributed by atoms with van der Waals surface area (Å²) in [4.78, 5) is 16.5. The molecule has 0 radical (unpaired) electrons. The number of anilines is 1. The van der Waals surface area contributed by atoms with Crippen LogP contribution < -0.4 is 5.32 Å². The molecule has 4 heteroatoms. The van der Waals surface area contributed by atoms with Gasteiger partial charge in [0, 0.05) is 21.7 Å². The van der Waals surface area contributed by atoms with Crippen molar-refractivity contribution in [2.45, 2.75) is 0 Å². The Kier molecular flexibility index (Phi) is 3.48. The Balaban J connectivity index is 1.89. The van der Waals surface area contributed by atoms with Crippen molar-refractivity contribution in [2.24, 2.45) is 0 Å². The summed E-state index contributed by atoms with van der Waals surface area (Å²) in [7, 11) is 0. The normalized spacial score (nSPS) is 10.4. The summed E-state index contributed by atoms with van der Waals surface area (Å²) in [6.45, 7) is 0. The highest BCUT2D eigenvalue weighted by molar-refractivity contribution is 9.10. The van der Waals surface area contributed by atoms with Gasteiger partial charge in [0.2, 0.25) is 0 Å². The molecule has 20 heavy (non-hydrogen) atoms. The minimum atomic E-state index is -0.138. The fraction of sp³-hybridized carbons (Fsp3) is 0. The first kappa shape index (κ1) is 12.8. The predicted molar refractivity (Wildman–Crippen MR) is 83.8 cm³/mol. The fourth-order valence-electron chi connectivity index (χ4n) is 2.00. The van der Waals surface area contributed by atoms with Crippen molar-refractivity contribution in [1.29, 1.82) is 0 Å². The van der Waals surface area contributed by atoms with Gasteiger partial charge in [0.15, 0.2) is 0 Å². The SMILES string of the molecule is O=C(Nc1ccc2ncccc2c1)c1ccccc1Br. The second kappa shape index (κ2) is 5.43. The molecule has 0 atom stereocenters. The minimum Gasteiger partial charge on any atom is -0.322 e. The average Bonchev–Trinajstić information content (AvgIpc) is 2.47. The van der Waals surface area contributed by atoms with Gasteiger partial charge in [-0.25, -0.2) is 0 Å². The Labute approximate surface area is 124 Å². The third-order valence-corrected chi connectivity index (χ3v) is 3.67. The van der Waals surface area contributed by atoms with E-state index in [1.54, 1.807) is 12.3 Å². The number of nitrogens with one attached hydrogen (secondary N) is 1. The number of carbonyl (C=O) groups is 1. The van der Waals surface area contributed by atoms with Gasteiger partial charge in [-0.1, -0.05) is 18.2 Å². The molecule has 0 saturated heterocycles. The maximum absolute atomic E-state index is 12.2. The monoisotopic (exact) mass is 326 g/mol. The van der Waals surface area contributed by atoms with E-state index >= 15 is 0 Å². The summed E-state index contributed by atoms with van der Waals surface area (Å²) < 4.78 is 0.778. The van der Waals surface area contributed by atoms with Crippen molar-refractivity contribution < 1.29 is 4.79 Å². The van der Waals surface area contributed by atoms with Gasteiger partial charge in [-0.2, -0.15) is 0 Å². The molecule has 98 valence electrons. The van der Waals surface area contributed by atoms with Crippen LogP contribution in [0.3, 0.4) is 0 Å². The molecule has 0 bridgehead atoms. The van der Waals surface area contributed by atoms with E-state index < -0.39 is 0 Å². The Morgan fingerprint density at radius 1 is 1.05 bits per heavy atom. The number of hydrogen-bond donors (Lipinski definition) is 1. The largest absolute Gasteiger partial charge is 0.322 e. The number of aromatic nitrogens is 1. The molecule has 0 aliphatic carbocycles. The third kappa shape index (κ3) is 2.56. The second-order valence-corrected chi connectivity index (χ2v) is 5.20. The number of fused-ring (bicyclic) bond motifs is 1. The predicted octanol–water partition coefficient (Wildman–Crippen LogP) is 4.25. The highest BCUT2D eigenvalue weighted by Gasteiger charge is 2.09. The van der Waals surface area contributed by atoms with Gasteiger partial charge in [-0.05, 0) is 52.3 Å². The molecular formula is C16H11BrN2O. The lowest BCUT2D eigenvalue weighted by molar-refractivity contribution is 0.102. The summed E-state index contributed by atoms with van der Waals surface area (Å²) in [5.41, 5.74) is 2.27. The highest BCUT2D eigenvalue weighted by atomic mass is 79.9. The molecule has 0 unspecified atom stereocenters. The van der Waals surface area contributed by atoms with Crippen LogP contribution in [0.2, 0.25) is 0 Å². The van der Waals surface area contributed by atoms with Crippen LogP contribution in [-0.2, 0) is 0 Å². The van der Waals surface area contributed by atoms with Crippen LogP contribution in [0, 0.1) is 0 Å². The van der Waals surface area contributed by atoms with Gasteiger partial charge in [0.25, 0.3) is 5.91 Å². The first-order valence-electron chi connectivity index (χ1n) is 6.15. The van der Waals surface area contributed by atoms with Gasteiger partial charge < -0.3 is 5.32 Å². The van der Waals surface area contributed by atoms with E-state index in [0.29, 0.717) is 5.56 Å². The molecule has 2 aromatic carbocycles. The molecule has 0 aliphatic rings. The van der Waals surface area contributed by atoms with Crippen LogP contribution in [0.5, 0.6) is 0 Å². The third-order valence-electron chi connectivity index (χ3n) is 2.98. The molecule has 3 aromatic rings. The number of pyridine rings is 1. The zero-order valence-electron chi connectivity index (χ0n) is 10.5. The summed E-state index contributed by atoms with van der Waals surface area (Å²) >= 11 is 3.38. The van der Waals surface area contributed by atoms with Crippen LogP contribution >= 0.6 is 15.9 Å². The number of benzene rings is 2. The van der Waals surface area contributed by atoms with E-state index in [4.69, 9.17) is 0 Å². The maximum atomic E-state index is 12.2. The Hall–Kier alpha value is -2.20. The zero-order chi connectivity index (χ0) is 13.9. The van der Waals surface area contributed by atoms with E-state index in [-0.39, 0.29) is 5.91 Å². The number of nitrogens with zero attached hydrogens (tertiary/aromatic N) is 1. The first-order valence-corrected chi connectivity index (χ1v) is 6.94. The van der Waals surface area contributed by atoms with Gasteiger partial charge in [0.1, 0.15) is 0 Å². The maximum Gasteiger partial charge on any atom is 0.256 e. The quantitative estimate of drug-likeness (QED) is 0.764. The van der Waals surface area contributed by atoms with Crippen molar-refractivity contribution in [2.75, 3.05) is 5.32 Å². The van der Waals surface area contributed by atoms with E-state index in [9.17, 15) is 4.79 Å². The second-order valence-electron chi connectivity index (χ2n) is 4.34. The number of hydrogen-bond acceptors (Lipinski definition) is 2. The van der Waals surface area contributed by atoms with Crippen LogP contribution in [0.25, 0.3) is 10.9 Å². The van der Waals surface area contributed by atoms with Crippen molar-refractivity contribution in [3.8, 4) is 0 Å². The van der Waals surface area contributed by atoms with E-state index in [0.717, 1.165) is 21.1 Å². The molecule has 1 heterocycles. The first-order chi connectivity index (χ1) is 9.74. The number of amides is 1. The van der Waals surface area contributed by atoms with E-state index in [1.807, 2.05) is 48.5 Å². The molecule has 1 amide bonds. The van der Waals surface area contributed by atoms with Gasteiger partial charge in [0.05, 0.1) is 11.1 Å². The molecule has 0 saturated carbocycles. The van der Waals surface area contributed by atoms with Gasteiger partial charge in [-0.3, -0.25) is 9.78 Å². The molecule has 1 N–H and O–H groups in total. The van der Waals surface area contributed by atoms with Crippen LogP contribution in [0.15, 0.2) is 65.3 Å². The van der Waals surface area contributed by atoms with Crippen LogP contribution in [-0.4, -0.2) is 10.9 Å². The van der Waals surface area contributed by atoms with Crippen molar-refractivity contribution in [3.05, 3.63) is 70.8 Å². The minimum absolute atomic E-state index is 0.138. The molecule has 0 spiro atoms. The summed E-state index contributed by atoms with van der Waals surface area (Å²) in [5.74, 6) is -0.138. The fourth-order valence-corrected chi connectivity index (χ4v) is 2.46. The molecule has 0 fully saturated rings. The molecule has 3 rings (SSSR count). The topological polar surface area (TPSA) is 42.0 Å². The lowest BCUT2D eigenvalue weighted by Crippen LogP contribution is -2.12. The van der Waals surface area contributed by atoms with Gasteiger partial charge in [-0.15, -0.1) is 0 Å². The smallest absolute Gasteiger partial charge is 0.256 e. The molecule has 0 aliphatic heterocycles. The van der Waals surface area contributed by atoms with Crippen LogP contribution in [0.4, 0.5) is 5.69 Å². The summed E-state index contributed by atoms with van der Waals surface area (Å²) in [5, 5.41) is 3.89. The lowest BCUT2D eigenvalue weighted by atomic mass is 10.2. The number of rotatable bonds is 2. The van der Waals surface area contributed by atoms with Gasteiger partial charge >= 0.3 is 0 Å². The highest BCUT2D eigenvalue weighted by Crippen LogP contribution is 2.20. The van der Waals surface area contributed by atoms with Crippen molar-refractivity contribution in [3.63, 3.8) is 0 Å². The summed E-state index contributed by atoms with van der Waals surface area (Å²) in [6.07, 6.45) is 1.75. The Morgan fingerprint density at radius 2 is 1.90 bits per heavy atom. The van der Waals surface area contributed by atoms with Crippen molar-refractivity contribution >= 4 is 38.4 Å². The van der Waals surface area contributed by atoms with Crippen molar-refractivity contribution in [1.82, 2.24) is 4.98 Å². The average molecular weight is 327 g/mol. The van der Waals surface area contributed by atoms with E-state index in [1.165, 1.54) is 0 Å². The number of carbonyl (C=O) groups excluding carboxylic acids is 1. The standard InChI is InChI=1S/C16H11BrN2O/c17-14-6-2-1-5-13(14)16(20)19-12-7-8-15-11(10-12)4-3-9-18-15/h1-10H,(H,19,20). The molecule has 1 aromatic heterocycles. The Bertz CT molecular complexity index is 786. The lowest BCUT2D eigenvalue weighted by Gasteiger charge is -2.07. The Morgan fingerprint density at radius 3 is 2.75 bits per heavy atom. The zero-order valence-corrected chi connectivity index (χ0v) is 12.1.